The first-order chi connectivity index (χ1) is 11.6. The number of rotatable bonds is 6. The summed E-state index contributed by atoms with van der Waals surface area (Å²) in [6.45, 7) is 5.92. The second-order valence-electron chi connectivity index (χ2n) is 6.61. The van der Waals surface area contributed by atoms with Crippen LogP contribution in [-0.2, 0) is 13.1 Å². The smallest absolute Gasteiger partial charge is 0.111 e. The van der Waals surface area contributed by atoms with E-state index in [-0.39, 0.29) is 0 Å². The molecule has 1 N–H and O–H groups in total. The summed E-state index contributed by atoms with van der Waals surface area (Å²) in [4.78, 5) is 3.88. The van der Waals surface area contributed by atoms with Gasteiger partial charge in [0.15, 0.2) is 0 Å². The molecular weight excluding hydrogens is 320 g/mol. The molecule has 5 nitrogen and oxygen atoms in total. The second-order valence-corrected chi connectivity index (χ2v) is 7.49. The standard InChI is InChI=1S/C18H26N4OS/c1-14(23)18-13-22(20-19-18)12-15-6-8-21(9-7-15)11-16-4-3-5-17(10-16)24-2/h3-5,10,13-15,23H,6-9,11-12H2,1-2H3/t14-/m1/s1. The van der Waals surface area contributed by atoms with Crippen LogP contribution in [-0.4, -0.2) is 44.3 Å². The van der Waals surface area contributed by atoms with Gasteiger partial charge in [-0.2, -0.15) is 0 Å². The van der Waals surface area contributed by atoms with Gasteiger partial charge in [-0.05, 0) is 62.7 Å². The molecule has 1 aliphatic rings. The minimum absolute atomic E-state index is 0.544. The highest BCUT2D eigenvalue weighted by atomic mass is 32.2. The second kappa shape index (κ2) is 8.14. The van der Waals surface area contributed by atoms with Crippen molar-refractivity contribution in [2.45, 2.75) is 43.9 Å². The van der Waals surface area contributed by atoms with Crippen LogP contribution in [0.15, 0.2) is 35.4 Å². The van der Waals surface area contributed by atoms with Gasteiger partial charge >= 0.3 is 0 Å². The Morgan fingerprint density at radius 3 is 2.79 bits per heavy atom. The summed E-state index contributed by atoms with van der Waals surface area (Å²) in [5.74, 6) is 0.641. The molecule has 6 heteroatoms. The Morgan fingerprint density at radius 1 is 1.33 bits per heavy atom. The maximum Gasteiger partial charge on any atom is 0.111 e. The summed E-state index contributed by atoms with van der Waals surface area (Å²) in [5.41, 5.74) is 2.05. The minimum Gasteiger partial charge on any atom is -0.387 e. The number of piperidine rings is 1. The Kier molecular flexibility index (Phi) is 5.92. The van der Waals surface area contributed by atoms with Crippen LogP contribution in [0.1, 0.15) is 37.1 Å². The minimum atomic E-state index is -0.544. The van der Waals surface area contributed by atoms with Gasteiger partial charge in [-0.3, -0.25) is 9.58 Å². The lowest BCUT2D eigenvalue weighted by atomic mass is 9.96. The van der Waals surface area contributed by atoms with E-state index < -0.39 is 6.10 Å². The van der Waals surface area contributed by atoms with Gasteiger partial charge in [-0.1, -0.05) is 17.3 Å². The van der Waals surface area contributed by atoms with Crippen molar-refractivity contribution >= 4 is 11.8 Å². The summed E-state index contributed by atoms with van der Waals surface area (Å²) in [6.07, 6.45) is 5.82. The van der Waals surface area contributed by atoms with E-state index >= 15 is 0 Å². The number of thioether (sulfide) groups is 1. The van der Waals surface area contributed by atoms with Crippen molar-refractivity contribution in [3.63, 3.8) is 0 Å². The number of aliphatic hydroxyl groups is 1. The van der Waals surface area contributed by atoms with Gasteiger partial charge in [0, 0.05) is 18.0 Å². The van der Waals surface area contributed by atoms with Crippen LogP contribution < -0.4 is 0 Å². The lowest BCUT2D eigenvalue weighted by Gasteiger charge is -2.31. The molecule has 130 valence electrons. The maximum absolute atomic E-state index is 9.53. The Labute approximate surface area is 148 Å². The molecule has 2 aromatic rings. The number of aliphatic hydroxyl groups excluding tert-OH is 1. The van der Waals surface area contributed by atoms with Crippen LogP contribution in [0, 0.1) is 5.92 Å². The first-order valence-electron chi connectivity index (χ1n) is 8.57. The third-order valence-corrected chi connectivity index (χ3v) is 5.40. The van der Waals surface area contributed by atoms with Crippen LogP contribution in [0.5, 0.6) is 0 Å². The molecular formula is C18H26N4OS. The van der Waals surface area contributed by atoms with Crippen molar-refractivity contribution in [3.05, 3.63) is 41.7 Å². The fraction of sp³-hybridized carbons (Fsp3) is 0.556. The summed E-state index contributed by atoms with van der Waals surface area (Å²) in [6, 6.07) is 8.83. The maximum atomic E-state index is 9.53. The van der Waals surface area contributed by atoms with Crippen LogP contribution in [0.4, 0.5) is 0 Å². The monoisotopic (exact) mass is 346 g/mol. The van der Waals surface area contributed by atoms with Crippen molar-refractivity contribution in [1.29, 1.82) is 0 Å². The number of likely N-dealkylation sites (tertiary alicyclic amines) is 1. The normalized spacial score (nSPS) is 18.0. The van der Waals surface area contributed by atoms with Crippen LogP contribution in [0.3, 0.4) is 0 Å². The fourth-order valence-corrected chi connectivity index (χ4v) is 3.70. The molecule has 1 saturated heterocycles. The van der Waals surface area contributed by atoms with Crippen LogP contribution in [0.2, 0.25) is 0 Å². The molecule has 1 fully saturated rings. The topological polar surface area (TPSA) is 54.2 Å². The number of benzene rings is 1. The lowest BCUT2D eigenvalue weighted by molar-refractivity contribution is 0.164. The van der Waals surface area contributed by atoms with E-state index in [1.807, 2.05) is 10.9 Å². The van der Waals surface area contributed by atoms with Gasteiger partial charge in [0.2, 0.25) is 0 Å². The molecule has 3 rings (SSSR count). The van der Waals surface area contributed by atoms with E-state index in [0.29, 0.717) is 11.6 Å². The average Bonchev–Trinajstić information content (AvgIpc) is 3.06. The zero-order chi connectivity index (χ0) is 16.9. The Morgan fingerprint density at radius 2 is 2.12 bits per heavy atom. The van der Waals surface area contributed by atoms with Gasteiger partial charge in [-0.15, -0.1) is 16.9 Å². The van der Waals surface area contributed by atoms with Crippen molar-refractivity contribution in [3.8, 4) is 0 Å². The summed E-state index contributed by atoms with van der Waals surface area (Å²) < 4.78 is 1.88. The fourth-order valence-electron chi connectivity index (χ4n) is 3.21. The lowest BCUT2D eigenvalue weighted by Crippen LogP contribution is -2.34. The van der Waals surface area contributed by atoms with Crippen LogP contribution in [0.25, 0.3) is 0 Å². The molecule has 1 aromatic heterocycles. The van der Waals surface area contributed by atoms with Crippen LogP contribution >= 0.6 is 11.8 Å². The molecule has 0 saturated carbocycles. The van der Waals surface area contributed by atoms with E-state index in [2.05, 4.69) is 45.7 Å². The zero-order valence-corrected chi connectivity index (χ0v) is 15.2. The first kappa shape index (κ1) is 17.5. The first-order valence-corrected chi connectivity index (χ1v) is 9.80. The van der Waals surface area contributed by atoms with Gasteiger partial charge in [-0.25, -0.2) is 0 Å². The third-order valence-electron chi connectivity index (χ3n) is 4.68. The molecule has 1 atom stereocenters. The van der Waals surface area contributed by atoms with Crippen molar-refractivity contribution in [1.82, 2.24) is 19.9 Å². The van der Waals surface area contributed by atoms with Crippen molar-refractivity contribution in [2.75, 3.05) is 19.3 Å². The average molecular weight is 347 g/mol. The Hall–Kier alpha value is -1.37. The molecule has 0 aliphatic carbocycles. The molecule has 0 bridgehead atoms. The van der Waals surface area contributed by atoms with Crippen molar-refractivity contribution in [2.24, 2.45) is 5.92 Å². The van der Waals surface area contributed by atoms with Gasteiger partial charge in [0.25, 0.3) is 0 Å². The van der Waals surface area contributed by atoms with E-state index in [1.54, 1.807) is 18.7 Å². The molecule has 0 spiro atoms. The quantitative estimate of drug-likeness (QED) is 0.815. The third kappa shape index (κ3) is 4.59. The SMILES string of the molecule is CSc1cccc(CN2CCC(Cn3cc([C@@H](C)O)nn3)CC2)c1. The van der Waals surface area contributed by atoms with Gasteiger partial charge < -0.3 is 5.11 Å². The van der Waals surface area contributed by atoms with Gasteiger partial charge in [0.05, 0.1) is 12.3 Å². The van der Waals surface area contributed by atoms with Crippen molar-refractivity contribution < 1.29 is 5.11 Å². The molecule has 1 aliphatic heterocycles. The molecule has 0 radical (unpaired) electrons. The predicted octanol–water partition coefficient (Wildman–Crippen LogP) is 2.97. The number of hydrogen-bond donors (Lipinski definition) is 1. The molecule has 1 aromatic carbocycles. The molecule has 0 unspecified atom stereocenters. The molecule has 24 heavy (non-hydrogen) atoms. The summed E-state index contributed by atoms with van der Waals surface area (Å²) in [7, 11) is 0. The van der Waals surface area contributed by atoms with E-state index in [0.717, 1.165) is 26.2 Å². The number of aromatic nitrogens is 3. The highest BCUT2D eigenvalue weighted by Crippen LogP contribution is 2.22. The predicted molar refractivity (Wildman–Crippen MR) is 96.9 cm³/mol. The summed E-state index contributed by atoms with van der Waals surface area (Å²) >= 11 is 1.80. The zero-order valence-electron chi connectivity index (χ0n) is 14.4. The van der Waals surface area contributed by atoms with E-state index in [1.165, 1.54) is 23.3 Å². The molecule has 0 amide bonds. The Bertz CT molecular complexity index is 650. The number of nitrogens with zero attached hydrogens (tertiary/aromatic N) is 4. The highest BCUT2D eigenvalue weighted by molar-refractivity contribution is 7.98. The Balaban J connectivity index is 1.48. The highest BCUT2D eigenvalue weighted by Gasteiger charge is 2.20. The molecule has 2 heterocycles. The number of hydrogen-bond acceptors (Lipinski definition) is 5. The largest absolute Gasteiger partial charge is 0.387 e. The summed E-state index contributed by atoms with van der Waals surface area (Å²) in [5, 5.41) is 17.7. The van der Waals surface area contributed by atoms with E-state index in [9.17, 15) is 5.11 Å². The van der Waals surface area contributed by atoms with Gasteiger partial charge in [0.1, 0.15) is 5.69 Å². The van der Waals surface area contributed by atoms with E-state index in [4.69, 9.17) is 0 Å².